The predicted octanol–water partition coefficient (Wildman–Crippen LogP) is 3.65. The molecule has 1 N–H and O–H groups in total. The van der Waals surface area contributed by atoms with Gasteiger partial charge in [-0.2, -0.15) is 0 Å². The average Bonchev–Trinajstić information content (AvgIpc) is 2.41. The van der Waals surface area contributed by atoms with Crippen LogP contribution in [-0.4, -0.2) is 4.92 Å². The Bertz CT molecular complexity index is 597. The van der Waals surface area contributed by atoms with Crippen molar-refractivity contribution in [1.82, 2.24) is 0 Å². The lowest BCUT2D eigenvalue weighted by molar-refractivity contribution is -0.384. The number of halogens is 1. The highest BCUT2D eigenvalue weighted by molar-refractivity contribution is 5.51. The Morgan fingerprint density at radius 1 is 1.21 bits per heavy atom. The first-order valence-corrected chi connectivity index (χ1v) is 5.80. The zero-order valence-corrected chi connectivity index (χ0v) is 10.4. The molecule has 0 heterocycles. The van der Waals surface area contributed by atoms with Gasteiger partial charge in [-0.05, 0) is 24.6 Å². The monoisotopic (exact) mass is 260 g/mol. The van der Waals surface area contributed by atoms with Crippen molar-refractivity contribution in [3.8, 4) is 0 Å². The summed E-state index contributed by atoms with van der Waals surface area (Å²) in [6.07, 6.45) is 0. The third-order valence-electron chi connectivity index (χ3n) is 2.90. The number of non-ortho nitro benzene ring substituents is 1. The summed E-state index contributed by atoms with van der Waals surface area (Å²) in [4.78, 5) is 10.1. The molecule has 0 fully saturated rings. The van der Waals surface area contributed by atoms with Crippen LogP contribution in [0.5, 0.6) is 0 Å². The minimum absolute atomic E-state index is 0.0608. The lowest BCUT2D eigenvalue weighted by atomic mass is 10.1. The van der Waals surface area contributed by atoms with E-state index < -0.39 is 4.92 Å². The SMILES string of the molecule is Cc1c(F)cccc1NCc1ccc([N+](=O)[O-])cc1. The van der Waals surface area contributed by atoms with E-state index in [4.69, 9.17) is 0 Å². The maximum atomic E-state index is 13.3. The number of hydrogen-bond donors (Lipinski definition) is 1. The first-order valence-electron chi connectivity index (χ1n) is 5.80. The molecule has 19 heavy (non-hydrogen) atoms. The van der Waals surface area contributed by atoms with E-state index in [1.165, 1.54) is 18.2 Å². The van der Waals surface area contributed by atoms with Crippen molar-refractivity contribution in [3.63, 3.8) is 0 Å². The number of nitrogens with zero attached hydrogens (tertiary/aromatic N) is 1. The van der Waals surface area contributed by atoms with E-state index in [-0.39, 0.29) is 11.5 Å². The molecule has 0 aromatic heterocycles. The Labute approximate surface area is 110 Å². The molecule has 4 nitrogen and oxygen atoms in total. The van der Waals surface area contributed by atoms with E-state index in [0.29, 0.717) is 12.1 Å². The molecule has 2 aromatic rings. The Kier molecular flexibility index (Phi) is 3.75. The molecule has 2 rings (SSSR count). The molecule has 0 radical (unpaired) electrons. The van der Waals surface area contributed by atoms with Crippen LogP contribution in [0.4, 0.5) is 15.8 Å². The van der Waals surface area contributed by atoms with Crippen LogP contribution in [0.25, 0.3) is 0 Å². The van der Waals surface area contributed by atoms with Crippen LogP contribution in [0, 0.1) is 22.9 Å². The maximum absolute atomic E-state index is 13.3. The topological polar surface area (TPSA) is 55.2 Å². The number of nitro groups is 1. The van der Waals surface area contributed by atoms with Crippen LogP contribution in [0.3, 0.4) is 0 Å². The summed E-state index contributed by atoms with van der Waals surface area (Å²) in [6.45, 7) is 2.19. The fourth-order valence-corrected chi connectivity index (χ4v) is 1.73. The number of hydrogen-bond acceptors (Lipinski definition) is 3. The molecule has 0 amide bonds. The van der Waals surface area contributed by atoms with Gasteiger partial charge in [-0.1, -0.05) is 18.2 Å². The maximum Gasteiger partial charge on any atom is 0.269 e. The first-order chi connectivity index (χ1) is 9.08. The lowest BCUT2D eigenvalue weighted by Crippen LogP contribution is -2.02. The van der Waals surface area contributed by atoms with E-state index in [1.807, 2.05) is 0 Å². The van der Waals surface area contributed by atoms with Gasteiger partial charge in [-0.3, -0.25) is 10.1 Å². The molecule has 0 aliphatic heterocycles. The van der Waals surface area contributed by atoms with Crippen molar-refractivity contribution < 1.29 is 9.31 Å². The Balaban J connectivity index is 2.06. The van der Waals surface area contributed by atoms with Crippen LogP contribution in [0.2, 0.25) is 0 Å². The quantitative estimate of drug-likeness (QED) is 0.674. The number of benzene rings is 2. The molecule has 0 unspecified atom stereocenters. The number of rotatable bonds is 4. The first kappa shape index (κ1) is 13.0. The molecule has 0 aliphatic rings. The normalized spacial score (nSPS) is 10.2. The summed E-state index contributed by atoms with van der Waals surface area (Å²) in [5, 5.41) is 13.6. The minimum Gasteiger partial charge on any atom is -0.381 e. The van der Waals surface area contributed by atoms with Crippen LogP contribution in [-0.2, 0) is 6.54 Å². The van der Waals surface area contributed by atoms with Gasteiger partial charge in [-0.15, -0.1) is 0 Å². The molecular formula is C14H13FN2O2. The molecule has 5 heteroatoms. The summed E-state index contributed by atoms with van der Waals surface area (Å²) in [7, 11) is 0. The standard InChI is InChI=1S/C14H13FN2O2/c1-10-13(15)3-2-4-14(10)16-9-11-5-7-12(8-6-11)17(18)19/h2-8,16H,9H2,1H3. The second kappa shape index (κ2) is 5.48. The van der Waals surface area contributed by atoms with E-state index >= 15 is 0 Å². The van der Waals surface area contributed by atoms with Gasteiger partial charge in [-0.25, -0.2) is 4.39 Å². The van der Waals surface area contributed by atoms with Gasteiger partial charge in [0.05, 0.1) is 4.92 Å². The summed E-state index contributed by atoms with van der Waals surface area (Å²) >= 11 is 0. The average molecular weight is 260 g/mol. The van der Waals surface area contributed by atoms with E-state index in [9.17, 15) is 14.5 Å². The van der Waals surface area contributed by atoms with Crippen molar-refractivity contribution >= 4 is 11.4 Å². The van der Waals surface area contributed by atoms with Crippen LogP contribution < -0.4 is 5.32 Å². The molecule has 2 aromatic carbocycles. The second-order valence-corrected chi connectivity index (χ2v) is 4.19. The van der Waals surface area contributed by atoms with Gasteiger partial charge in [0.25, 0.3) is 5.69 Å². The van der Waals surface area contributed by atoms with E-state index in [1.54, 1.807) is 31.2 Å². The van der Waals surface area contributed by atoms with Gasteiger partial charge in [0, 0.05) is 29.9 Å². The Morgan fingerprint density at radius 3 is 2.53 bits per heavy atom. The largest absolute Gasteiger partial charge is 0.381 e. The van der Waals surface area contributed by atoms with Crippen molar-refractivity contribution in [3.05, 3.63) is 69.5 Å². The summed E-state index contributed by atoms with van der Waals surface area (Å²) in [5.41, 5.74) is 2.24. The smallest absolute Gasteiger partial charge is 0.269 e. The second-order valence-electron chi connectivity index (χ2n) is 4.19. The van der Waals surface area contributed by atoms with Gasteiger partial charge in [0.1, 0.15) is 5.82 Å². The molecule has 0 spiro atoms. The molecule has 0 saturated heterocycles. The van der Waals surface area contributed by atoms with Crippen molar-refractivity contribution in [2.75, 3.05) is 5.32 Å². The molecule has 0 atom stereocenters. The fourth-order valence-electron chi connectivity index (χ4n) is 1.73. The Morgan fingerprint density at radius 2 is 1.89 bits per heavy atom. The van der Waals surface area contributed by atoms with Gasteiger partial charge in [0.15, 0.2) is 0 Å². The van der Waals surface area contributed by atoms with Crippen LogP contribution in [0.15, 0.2) is 42.5 Å². The highest BCUT2D eigenvalue weighted by Gasteiger charge is 2.05. The number of nitrogens with one attached hydrogen (secondary N) is 1. The highest BCUT2D eigenvalue weighted by Crippen LogP contribution is 2.19. The van der Waals surface area contributed by atoms with Gasteiger partial charge < -0.3 is 5.32 Å². The fraction of sp³-hybridized carbons (Fsp3) is 0.143. The van der Waals surface area contributed by atoms with E-state index in [2.05, 4.69) is 5.32 Å². The van der Waals surface area contributed by atoms with Gasteiger partial charge in [0.2, 0.25) is 0 Å². The third kappa shape index (κ3) is 3.07. The summed E-state index contributed by atoms with van der Waals surface area (Å²) in [6, 6.07) is 11.1. The number of anilines is 1. The van der Waals surface area contributed by atoms with Crippen LogP contribution >= 0.6 is 0 Å². The summed E-state index contributed by atoms with van der Waals surface area (Å²) in [5.74, 6) is -0.256. The zero-order valence-electron chi connectivity index (χ0n) is 10.4. The Hall–Kier alpha value is -2.43. The highest BCUT2D eigenvalue weighted by atomic mass is 19.1. The van der Waals surface area contributed by atoms with Crippen molar-refractivity contribution in [2.24, 2.45) is 0 Å². The van der Waals surface area contributed by atoms with Crippen LogP contribution in [0.1, 0.15) is 11.1 Å². The summed E-state index contributed by atoms with van der Waals surface area (Å²) < 4.78 is 13.3. The minimum atomic E-state index is -0.437. The predicted molar refractivity (Wildman–Crippen MR) is 71.6 cm³/mol. The molecule has 0 bridgehead atoms. The van der Waals surface area contributed by atoms with Gasteiger partial charge >= 0.3 is 0 Å². The molecule has 98 valence electrons. The molecule has 0 saturated carbocycles. The third-order valence-corrected chi connectivity index (χ3v) is 2.90. The van der Waals surface area contributed by atoms with Crippen molar-refractivity contribution in [2.45, 2.75) is 13.5 Å². The van der Waals surface area contributed by atoms with Crippen molar-refractivity contribution in [1.29, 1.82) is 0 Å². The molecule has 0 aliphatic carbocycles. The van der Waals surface area contributed by atoms with E-state index in [0.717, 1.165) is 11.3 Å². The number of nitro benzene ring substituents is 1. The molecular weight excluding hydrogens is 247 g/mol. The zero-order chi connectivity index (χ0) is 13.8. The lowest BCUT2D eigenvalue weighted by Gasteiger charge is -2.09.